The van der Waals surface area contributed by atoms with Crippen LogP contribution in [0.25, 0.3) is 16.0 Å². The van der Waals surface area contributed by atoms with Gasteiger partial charge in [-0.15, -0.1) is 0 Å². The van der Waals surface area contributed by atoms with Gasteiger partial charge >= 0.3 is 5.91 Å². The highest BCUT2D eigenvalue weighted by atomic mass is 35.5. The van der Waals surface area contributed by atoms with E-state index in [1.54, 1.807) is 67.8 Å². The lowest BCUT2D eigenvalue weighted by molar-refractivity contribution is -0.132. The Balaban J connectivity index is 1.73. The fourth-order valence-corrected chi connectivity index (χ4v) is 5.37. The predicted molar refractivity (Wildman–Crippen MR) is 139 cm³/mol. The number of rotatable bonds is 4. The summed E-state index contributed by atoms with van der Waals surface area (Å²) in [6, 6.07) is 15.5. The molecule has 0 saturated carbocycles. The zero-order chi connectivity index (χ0) is 24.9. The van der Waals surface area contributed by atoms with Crippen molar-refractivity contribution in [2.75, 3.05) is 12.0 Å². The predicted octanol–water partition coefficient (Wildman–Crippen LogP) is 6.89. The van der Waals surface area contributed by atoms with E-state index in [2.05, 4.69) is 4.98 Å². The summed E-state index contributed by atoms with van der Waals surface area (Å²) in [6.07, 6.45) is 0. The zero-order valence-corrected chi connectivity index (χ0v) is 21.0. The lowest BCUT2D eigenvalue weighted by Crippen LogP contribution is -2.29. The molecule has 0 spiro atoms. The van der Waals surface area contributed by atoms with Crippen LogP contribution in [-0.4, -0.2) is 28.9 Å². The van der Waals surface area contributed by atoms with Gasteiger partial charge in [0.05, 0.1) is 39.0 Å². The Bertz CT molecular complexity index is 1530. The summed E-state index contributed by atoms with van der Waals surface area (Å²) in [5.41, 5.74) is 1.38. The van der Waals surface area contributed by atoms with Gasteiger partial charge in [0.2, 0.25) is 0 Å². The maximum Gasteiger partial charge on any atom is 0.301 e. The number of aliphatic hydroxyl groups is 1. The molecule has 1 aromatic heterocycles. The molecule has 1 fully saturated rings. The number of ketones is 1. The molecule has 1 amide bonds. The highest BCUT2D eigenvalue weighted by molar-refractivity contribution is 7.22. The molecule has 1 atom stereocenters. The monoisotopic (exact) mass is 544 g/mol. The third kappa shape index (κ3) is 4.15. The highest BCUT2D eigenvalue weighted by Gasteiger charge is 2.48. The maximum atomic E-state index is 13.3. The number of ether oxygens (including phenoxy) is 1. The Morgan fingerprint density at radius 1 is 1.00 bits per heavy atom. The number of halogens is 3. The number of nitrogens with zero attached hydrogens (tertiary/aromatic N) is 2. The van der Waals surface area contributed by atoms with Crippen LogP contribution in [0.3, 0.4) is 0 Å². The molecular weight excluding hydrogens is 531 g/mol. The Morgan fingerprint density at radius 2 is 1.74 bits per heavy atom. The molecule has 5 rings (SSSR count). The van der Waals surface area contributed by atoms with Crippen molar-refractivity contribution < 1.29 is 19.4 Å². The average Bonchev–Trinajstić information content (AvgIpc) is 3.38. The number of aliphatic hydroxyl groups excluding tert-OH is 1. The van der Waals surface area contributed by atoms with Crippen LogP contribution in [0, 0.1) is 0 Å². The Morgan fingerprint density at radius 3 is 2.43 bits per heavy atom. The largest absolute Gasteiger partial charge is 0.507 e. The molecule has 6 nitrogen and oxygen atoms in total. The fourth-order valence-electron chi connectivity index (χ4n) is 3.91. The number of methoxy groups -OCH3 is 1. The first-order chi connectivity index (χ1) is 16.8. The molecule has 35 heavy (non-hydrogen) atoms. The van der Waals surface area contributed by atoms with Gasteiger partial charge < -0.3 is 9.84 Å². The molecule has 1 N–H and O–H groups in total. The Labute approximate surface area is 218 Å². The first-order valence-corrected chi connectivity index (χ1v) is 12.2. The molecule has 10 heteroatoms. The van der Waals surface area contributed by atoms with Crippen molar-refractivity contribution in [2.45, 2.75) is 6.04 Å². The topological polar surface area (TPSA) is 79.7 Å². The van der Waals surface area contributed by atoms with E-state index in [1.165, 1.54) is 16.2 Å². The van der Waals surface area contributed by atoms with E-state index < -0.39 is 17.7 Å². The van der Waals surface area contributed by atoms with E-state index in [0.29, 0.717) is 37.6 Å². The molecule has 1 aliphatic heterocycles. The van der Waals surface area contributed by atoms with Crippen molar-refractivity contribution in [3.8, 4) is 5.75 Å². The van der Waals surface area contributed by atoms with Crippen LogP contribution < -0.4 is 9.64 Å². The molecule has 0 aliphatic carbocycles. The summed E-state index contributed by atoms with van der Waals surface area (Å²) in [7, 11) is 1.56. The van der Waals surface area contributed by atoms with Gasteiger partial charge in [0, 0.05) is 10.6 Å². The minimum atomic E-state index is -0.983. The van der Waals surface area contributed by atoms with Crippen LogP contribution >= 0.6 is 46.1 Å². The van der Waals surface area contributed by atoms with Gasteiger partial charge in [-0.25, -0.2) is 4.98 Å². The molecule has 1 unspecified atom stereocenters. The number of benzene rings is 3. The number of aromatic nitrogens is 1. The molecule has 1 aliphatic rings. The van der Waals surface area contributed by atoms with Gasteiger partial charge in [0.25, 0.3) is 5.78 Å². The molecule has 1 saturated heterocycles. The van der Waals surface area contributed by atoms with E-state index in [1.807, 2.05) is 0 Å². The van der Waals surface area contributed by atoms with Crippen LogP contribution in [-0.2, 0) is 9.59 Å². The van der Waals surface area contributed by atoms with Crippen LogP contribution in [0.15, 0.2) is 66.2 Å². The normalized spacial score (nSPS) is 17.4. The molecule has 2 heterocycles. The van der Waals surface area contributed by atoms with Gasteiger partial charge in [-0.1, -0.05) is 52.2 Å². The van der Waals surface area contributed by atoms with Gasteiger partial charge in [-0.05, 0) is 60.2 Å². The first-order valence-electron chi connectivity index (χ1n) is 10.2. The van der Waals surface area contributed by atoms with E-state index in [9.17, 15) is 14.7 Å². The summed E-state index contributed by atoms with van der Waals surface area (Å²) < 4.78 is 6.05. The van der Waals surface area contributed by atoms with Gasteiger partial charge in [-0.2, -0.15) is 0 Å². The lowest BCUT2D eigenvalue weighted by Gasteiger charge is -2.23. The van der Waals surface area contributed by atoms with E-state index >= 15 is 0 Å². The van der Waals surface area contributed by atoms with E-state index in [4.69, 9.17) is 39.5 Å². The standard InChI is InChI=1S/C25H15Cl3N2O4S/c1-34-15-7-9-18-19(11-15)35-25(29-18)30-21(13-4-8-16(27)17(28)10-13)20(23(32)24(30)33)22(31)12-2-5-14(26)6-3-12/h2-11,21,31H,1H3. The molecular formula is C25H15Cl3N2O4S. The smallest absolute Gasteiger partial charge is 0.301 e. The number of carbonyl (C=O) groups excluding carboxylic acids is 2. The SMILES string of the molecule is COc1ccc2nc(N3C(=O)C(=O)C(=C(O)c4ccc(Cl)cc4)C3c3ccc(Cl)c(Cl)c3)sc2c1. The number of hydrogen-bond acceptors (Lipinski definition) is 6. The van der Waals surface area contributed by atoms with Crippen molar-refractivity contribution in [1.82, 2.24) is 4.98 Å². The Hall–Kier alpha value is -3.10. The van der Waals surface area contributed by atoms with Crippen molar-refractivity contribution in [2.24, 2.45) is 0 Å². The quantitative estimate of drug-likeness (QED) is 0.172. The third-order valence-corrected chi connectivity index (χ3v) is 7.62. The second-order valence-corrected chi connectivity index (χ2v) is 9.94. The van der Waals surface area contributed by atoms with Crippen molar-refractivity contribution in [3.05, 3.63) is 92.4 Å². The number of hydrogen-bond donors (Lipinski definition) is 1. The second-order valence-electron chi connectivity index (χ2n) is 7.68. The van der Waals surface area contributed by atoms with Crippen LogP contribution in [0.2, 0.25) is 15.1 Å². The third-order valence-electron chi connectivity index (χ3n) is 5.61. The van der Waals surface area contributed by atoms with Crippen LogP contribution in [0.5, 0.6) is 5.75 Å². The van der Waals surface area contributed by atoms with E-state index in [-0.39, 0.29) is 16.4 Å². The number of fused-ring (bicyclic) bond motifs is 1. The summed E-state index contributed by atoms with van der Waals surface area (Å²) in [4.78, 5) is 32.5. The van der Waals surface area contributed by atoms with Gasteiger partial charge in [0.15, 0.2) is 5.13 Å². The molecule has 0 bridgehead atoms. The van der Waals surface area contributed by atoms with Crippen molar-refractivity contribution in [3.63, 3.8) is 0 Å². The summed E-state index contributed by atoms with van der Waals surface area (Å²) in [5.74, 6) is -1.35. The summed E-state index contributed by atoms with van der Waals surface area (Å²) >= 11 is 19.6. The van der Waals surface area contributed by atoms with E-state index in [0.717, 1.165) is 4.70 Å². The minimum absolute atomic E-state index is 0.0902. The Kier molecular flexibility index (Phi) is 6.19. The first kappa shape index (κ1) is 23.6. The van der Waals surface area contributed by atoms with Crippen LogP contribution in [0.4, 0.5) is 5.13 Å². The fraction of sp³-hybridized carbons (Fsp3) is 0.0800. The van der Waals surface area contributed by atoms with Crippen LogP contribution in [0.1, 0.15) is 17.2 Å². The minimum Gasteiger partial charge on any atom is -0.507 e. The number of Topliss-reactive ketones (excluding diaryl/α,β-unsaturated/α-hetero) is 1. The summed E-state index contributed by atoms with van der Waals surface area (Å²) in [5, 5.41) is 12.5. The second kappa shape index (κ2) is 9.17. The molecule has 0 radical (unpaired) electrons. The average molecular weight is 546 g/mol. The van der Waals surface area contributed by atoms with Crippen molar-refractivity contribution >= 4 is 78.9 Å². The molecule has 176 valence electrons. The molecule has 3 aromatic carbocycles. The van der Waals surface area contributed by atoms with Gasteiger partial charge in [-0.3, -0.25) is 14.5 Å². The number of amides is 1. The number of thiazole rings is 1. The van der Waals surface area contributed by atoms with Crippen molar-refractivity contribution in [1.29, 1.82) is 0 Å². The lowest BCUT2D eigenvalue weighted by atomic mass is 9.95. The zero-order valence-electron chi connectivity index (χ0n) is 18.0. The number of carbonyl (C=O) groups is 2. The highest BCUT2D eigenvalue weighted by Crippen LogP contribution is 2.45. The maximum absolute atomic E-state index is 13.3. The summed E-state index contributed by atoms with van der Waals surface area (Å²) in [6.45, 7) is 0. The van der Waals surface area contributed by atoms with Gasteiger partial charge in [0.1, 0.15) is 11.5 Å². The molecule has 4 aromatic rings. The number of anilines is 1.